The van der Waals surface area contributed by atoms with Gasteiger partial charge in [0.25, 0.3) is 0 Å². The summed E-state index contributed by atoms with van der Waals surface area (Å²) in [6, 6.07) is 5.36. The lowest BCUT2D eigenvalue weighted by molar-refractivity contribution is -0.115. The van der Waals surface area contributed by atoms with Gasteiger partial charge in [0.1, 0.15) is 5.25 Å². The molecular weight excluding hydrogens is 288 g/mol. The highest BCUT2D eigenvalue weighted by atomic mass is 32.2. The molecule has 1 heterocycles. The first-order chi connectivity index (χ1) is 9.91. The zero-order valence-corrected chi connectivity index (χ0v) is 13.4. The van der Waals surface area contributed by atoms with Gasteiger partial charge in [0.15, 0.2) is 0 Å². The lowest BCUT2D eigenvalue weighted by Crippen LogP contribution is -2.37. The fraction of sp³-hybridized carbons (Fsp3) is 0.533. The number of hydrogen-bond donors (Lipinski definition) is 2. The second-order valence-electron chi connectivity index (χ2n) is 5.38. The first kappa shape index (κ1) is 16.0. The molecule has 6 heteroatoms. The Morgan fingerprint density at radius 3 is 2.86 bits per heavy atom. The number of amides is 1. The minimum atomic E-state index is -1.25. The first-order valence-corrected chi connectivity index (χ1v) is 8.36. The third kappa shape index (κ3) is 3.44. The molecule has 21 heavy (non-hydrogen) atoms. The van der Waals surface area contributed by atoms with E-state index in [2.05, 4.69) is 5.32 Å². The molecule has 0 saturated carbocycles. The Hall–Kier alpha value is -1.40. The summed E-state index contributed by atoms with van der Waals surface area (Å²) in [6.07, 6.45) is 0.679. The highest BCUT2D eigenvalue weighted by Gasteiger charge is 2.34. The van der Waals surface area contributed by atoms with Gasteiger partial charge in [0.2, 0.25) is 5.91 Å². The van der Waals surface area contributed by atoms with E-state index in [1.165, 1.54) is 0 Å². The molecule has 1 aliphatic rings. The molecule has 0 bridgehead atoms. The number of carbonyl (C=O) groups excluding carboxylic acids is 1. The third-order valence-electron chi connectivity index (χ3n) is 3.96. The predicted molar refractivity (Wildman–Crippen MR) is 85.6 cm³/mol. The number of hydrogen-bond acceptors (Lipinski definition) is 4. The summed E-state index contributed by atoms with van der Waals surface area (Å²) in [5, 5.41) is 2.16. The molecule has 1 aromatic rings. The number of rotatable bonds is 4. The zero-order chi connectivity index (χ0) is 15.6. The number of ether oxygens (including phenoxy) is 1. The van der Waals surface area contributed by atoms with Crippen LogP contribution in [0.1, 0.15) is 25.8 Å². The molecule has 1 fully saturated rings. The fourth-order valence-corrected chi connectivity index (χ4v) is 3.99. The summed E-state index contributed by atoms with van der Waals surface area (Å²) >= 11 is 0. The van der Waals surface area contributed by atoms with Crippen LogP contribution in [0.25, 0.3) is 0 Å². The molecule has 1 amide bonds. The van der Waals surface area contributed by atoms with Crippen LogP contribution in [-0.4, -0.2) is 33.3 Å². The number of nitrogens with two attached hydrogens (primary N) is 1. The lowest BCUT2D eigenvalue weighted by Gasteiger charge is -2.19. The molecule has 4 unspecified atom stereocenters. The average Bonchev–Trinajstić information content (AvgIpc) is 2.88. The average molecular weight is 310 g/mol. The van der Waals surface area contributed by atoms with Gasteiger partial charge in [-0.3, -0.25) is 9.00 Å². The Morgan fingerprint density at radius 1 is 1.52 bits per heavy atom. The van der Waals surface area contributed by atoms with Crippen molar-refractivity contribution in [3.05, 3.63) is 23.8 Å². The van der Waals surface area contributed by atoms with E-state index in [0.717, 1.165) is 12.0 Å². The Kier molecular flexibility index (Phi) is 5.00. The zero-order valence-electron chi connectivity index (χ0n) is 12.6. The van der Waals surface area contributed by atoms with E-state index in [1.54, 1.807) is 25.1 Å². The van der Waals surface area contributed by atoms with Gasteiger partial charge >= 0.3 is 0 Å². The molecule has 116 valence electrons. The molecule has 0 aliphatic carbocycles. The number of nitrogens with one attached hydrogen (secondary N) is 1. The van der Waals surface area contributed by atoms with Gasteiger partial charge < -0.3 is 15.8 Å². The summed E-state index contributed by atoms with van der Waals surface area (Å²) in [6.45, 7) is 6.06. The van der Waals surface area contributed by atoms with E-state index in [4.69, 9.17) is 10.5 Å². The van der Waals surface area contributed by atoms with E-state index in [9.17, 15) is 9.00 Å². The Bertz CT molecular complexity index is 562. The summed E-state index contributed by atoms with van der Waals surface area (Å²) in [4.78, 5) is 12.3. The molecule has 1 aliphatic heterocycles. The number of benzene rings is 1. The third-order valence-corrected chi connectivity index (χ3v) is 6.08. The van der Waals surface area contributed by atoms with Crippen molar-refractivity contribution in [1.29, 1.82) is 0 Å². The summed E-state index contributed by atoms with van der Waals surface area (Å²) < 4.78 is 17.9. The van der Waals surface area contributed by atoms with Gasteiger partial charge in [-0.05, 0) is 44.9 Å². The second kappa shape index (κ2) is 6.58. The standard InChI is InChI=1S/C15H22N2O3S/c1-9-12(16)5-4-6-13(9)17-15(18)11(3)21(19)14-7-8-20-10(14)2/h4-6,10-11,14H,7-8,16H2,1-3H3,(H,17,18). The van der Waals surface area contributed by atoms with Gasteiger partial charge in [-0.25, -0.2) is 0 Å². The van der Waals surface area contributed by atoms with Crippen LogP contribution in [0.5, 0.6) is 0 Å². The van der Waals surface area contributed by atoms with Crippen LogP contribution in [0.15, 0.2) is 18.2 Å². The maximum absolute atomic E-state index is 12.5. The van der Waals surface area contributed by atoms with Crippen LogP contribution in [0.4, 0.5) is 11.4 Å². The van der Waals surface area contributed by atoms with Gasteiger partial charge in [-0.2, -0.15) is 0 Å². The normalized spacial score (nSPS) is 24.5. The summed E-state index contributed by atoms with van der Waals surface area (Å²) in [5.41, 5.74) is 7.93. The van der Waals surface area contributed by atoms with E-state index >= 15 is 0 Å². The number of carbonyl (C=O) groups is 1. The predicted octanol–water partition coefficient (Wildman–Crippen LogP) is 1.83. The van der Waals surface area contributed by atoms with E-state index in [1.807, 2.05) is 13.8 Å². The molecule has 0 spiro atoms. The molecule has 0 radical (unpaired) electrons. The van der Waals surface area contributed by atoms with Crippen LogP contribution >= 0.6 is 0 Å². The summed E-state index contributed by atoms with van der Waals surface area (Å²) in [7, 11) is -1.25. The Morgan fingerprint density at radius 2 is 2.24 bits per heavy atom. The van der Waals surface area contributed by atoms with E-state index in [0.29, 0.717) is 18.0 Å². The highest BCUT2D eigenvalue weighted by molar-refractivity contribution is 7.87. The maximum Gasteiger partial charge on any atom is 0.239 e. The van der Waals surface area contributed by atoms with Crippen LogP contribution in [0.3, 0.4) is 0 Å². The van der Waals surface area contributed by atoms with E-state index < -0.39 is 16.0 Å². The van der Waals surface area contributed by atoms with Crippen LogP contribution in [0, 0.1) is 6.92 Å². The largest absolute Gasteiger partial charge is 0.398 e. The lowest BCUT2D eigenvalue weighted by atomic mass is 10.1. The maximum atomic E-state index is 12.5. The Labute approximate surface area is 127 Å². The van der Waals surface area contributed by atoms with Crippen molar-refractivity contribution < 1.29 is 13.7 Å². The molecule has 4 atom stereocenters. The van der Waals surface area contributed by atoms with Crippen molar-refractivity contribution in [2.24, 2.45) is 0 Å². The van der Waals surface area contributed by atoms with Crippen molar-refractivity contribution in [3.63, 3.8) is 0 Å². The SMILES string of the molecule is Cc1c(N)cccc1NC(=O)C(C)S(=O)C1CCOC1C. The van der Waals surface area contributed by atoms with Crippen LogP contribution < -0.4 is 11.1 Å². The van der Waals surface area contributed by atoms with Gasteiger partial charge in [0.05, 0.1) is 11.4 Å². The molecule has 1 aromatic carbocycles. The quantitative estimate of drug-likeness (QED) is 0.831. The van der Waals surface area contributed by atoms with Crippen molar-refractivity contribution >= 4 is 28.1 Å². The molecule has 5 nitrogen and oxygen atoms in total. The van der Waals surface area contributed by atoms with Crippen molar-refractivity contribution in [1.82, 2.24) is 0 Å². The van der Waals surface area contributed by atoms with Crippen molar-refractivity contribution in [2.45, 2.75) is 43.8 Å². The van der Waals surface area contributed by atoms with Crippen molar-refractivity contribution in [2.75, 3.05) is 17.7 Å². The minimum Gasteiger partial charge on any atom is -0.398 e. The molecule has 2 rings (SSSR count). The topological polar surface area (TPSA) is 81.4 Å². The monoisotopic (exact) mass is 310 g/mol. The van der Waals surface area contributed by atoms with Gasteiger partial charge in [-0.15, -0.1) is 0 Å². The van der Waals surface area contributed by atoms with Crippen LogP contribution in [-0.2, 0) is 20.3 Å². The number of anilines is 2. The summed E-state index contributed by atoms with van der Waals surface area (Å²) in [5.74, 6) is -0.249. The number of nitrogen functional groups attached to an aromatic ring is 1. The van der Waals surface area contributed by atoms with Gasteiger partial charge in [-0.1, -0.05) is 6.07 Å². The van der Waals surface area contributed by atoms with Gasteiger partial charge in [0, 0.05) is 28.8 Å². The highest BCUT2D eigenvalue weighted by Crippen LogP contribution is 2.24. The molecule has 0 aromatic heterocycles. The Balaban J connectivity index is 2.05. The first-order valence-electron chi connectivity index (χ1n) is 7.08. The van der Waals surface area contributed by atoms with E-state index in [-0.39, 0.29) is 17.3 Å². The smallest absolute Gasteiger partial charge is 0.239 e. The fourth-order valence-electron chi connectivity index (χ4n) is 2.41. The molecule has 1 saturated heterocycles. The second-order valence-corrected chi connectivity index (χ2v) is 7.35. The molecular formula is C15H22N2O3S. The van der Waals surface area contributed by atoms with Crippen LogP contribution in [0.2, 0.25) is 0 Å². The van der Waals surface area contributed by atoms with Crippen molar-refractivity contribution in [3.8, 4) is 0 Å². The minimum absolute atomic E-state index is 0.0600. The molecule has 3 N–H and O–H groups in total.